The number of hydrogen-bond acceptors (Lipinski definition) is 6. The number of benzene rings is 2. The average molecular weight is 436 g/mol. The number of nitrogens with one attached hydrogen (secondary N) is 2. The van der Waals surface area contributed by atoms with Gasteiger partial charge in [0.05, 0.1) is 5.57 Å². The predicted molar refractivity (Wildman–Crippen MR) is 123 cm³/mol. The highest BCUT2D eigenvalue weighted by Gasteiger charge is 2.34. The average Bonchev–Trinajstić information content (AvgIpc) is 3.15. The third-order valence-corrected chi connectivity index (χ3v) is 6.14. The van der Waals surface area contributed by atoms with Crippen molar-refractivity contribution in [1.29, 1.82) is 0 Å². The third kappa shape index (κ3) is 4.29. The number of hydrogen-bond donors (Lipinski definition) is 3. The number of aromatic hydroxyl groups is 1. The Hall–Kier alpha value is -3.26. The number of nitrogens with zero attached hydrogens (tertiary/aromatic N) is 3. The van der Waals surface area contributed by atoms with Crippen LogP contribution >= 0.6 is 11.8 Å². The molecule has 8 heteroatoms. The van der Waals surface area contributed by atoms with E-state index in [1.54, 1.807) is 34.6 Å². The van der Waals surface area contributed by atoms with E-state index in [0.717, 1.165) is 29.0 Å². The Kier molecular flexibility index (Phi) is 5.99. The van der Waals surface area contributed by atoms with Crippen molar-refractivity contribution in [2.24, 2.45) is 0 Å². The maximum absolute atomic E-state index is 13.4. The van der Waals surface area contributed by atoms with Gasteiger partial charge in [-0.25, -0.2) is 4.68 Å². The normalized spacial score (nSPS) is 15.4. The Balaban J connectivity index is 1.77. The second-order valence-corrected chi connectivity index (χ2v) is 8.50. The lowest BCUT2D eigenvalue weighted by atomic mass is 9.94. The lowest BCUT2D eigenvalue weighted by Crippen LogP contribution is -2.31. The number of anilines is 2. The van der Waals surface area contributed by atoms with E-state index in [-0.39, 0.29) is 11.7 Å². The third-order valence-electron chi connectivity index (χ3n) is 5.09. The zero-order valence-electron chi connectivity index (χ0n) is 17.7. The molecule has 3 N–H and O–H groups in total. The highest BCUT2D eigenvalue weighted by molar-refractivity contribution is 7.99. The number of aryl methyl sites for hydroxylation is 1. The van der Waals surface area contributed by atoms with Gasteiger partial charge in [0.1, 0.15) is 11.8 Å². The van der Waals surface area contributed by atoms with E-state index in [1.165, 1.54) is 0 Å². The molecule has 0 bridgehead atoms. The Morgan fingerprint density at radius 3 is 2.77 bits per heavy atom. The zero-order valence-corrected chi connectivity index (χ0v) is 18.5. The minimum absolute atomic E-state index is 0.134. The van der Waals surface area contributed by atoms with Crippen molar-refractivity contribution in [1.82, 2.24) is 14.8 Å². The highest BCUT2D eigenvalue weighted by Crippen LogP contribution is 2.37. The molecular weight excluding hydrogens is 410 g/mol. The summed E-state index contributed by atoms with van der Waals surface area (Å²) in [4.78, 5) is 18.1. The van der Waals surface area contributed by atoms with Gasteiger partial charge in [-0.15, -0.1) is 5.10 Å². The number of aromatic nitrogens is 3. The topological polar surface area (TPSA) is 92.1 Å². The molecule has 3 aromatic rings. The number of rotatable bonds is 6. The fourth-order valence-corrected chi connectivity index (χ4v) is 4.27. The summed E-state index contributed by atoms with van der Waals surface area (Å²) in [5.74, 6) is 1.40. The van der Waals surface area contributed by atoms with E-state index in [9.17, 15) is 9.90 Å². The lowest BCUT2D eigenvalue weighted by Gasteiger charge is -2.28. The van der Waals surface area contributed by atoms with Crippen molar-refractivity contribution >= 4 is 29.3 Å². The smallest absolute Gasteiger partial charge is 0.255 e. The summed E-state index contributed by atoms with van der Waals surface area (Å²) in [7, 11) is 0. The summed E-state index contributed by atoms with van der Waals surface area (Å²) >= 11 is 1.58. The second-order valence-electron chi connectivity index (χ2n) is 7.44. The molecule has 1 unspecified atom stereocenters. The molecule has 0 saturated carbocycles. The molecule has 2 heterocycles. The van der Waals surface area contributed by atoms with Crippen LogP contribution in [0.3, 0.4) is 0 Å². The van der Waals surface area contributed by atoms with Crippen molar-refractivity contribution in [3.63, 3.8) is 0 Å². The van der Waals surface area contributed by atoms with Gasteiger partial charge in [0.2, 0.25) is 11.1 Å². The minimum Gasteiger partial charge on any atom is -0.508 e. The number of allylic oxidation sites excluding steroid dienone is 1. The molecule has 1 amide bonds. The number of carbonyl (C=O) groups excluding carboxylic acids is 1. The van der Waals surface area contributed by atoms with Gasteiger partial charge in [-0.2, -0.15) is 4.98 Å². The number of amides is 1. The first-order chi connectivity index (χ1) is 15.0. The van der Waals surface area contributed by atoms with Crippen LogP contribution in [0.4, 0.5) is 11.6 Å². The molecule has 0 radical (unpaired) electrons. The van der Waals surface area contributed by atoms with E-state index < -0.39 is 6.04 Å². The molecule has 0 saturated heterocycles. The molecule has 0 aliphatic carbocycles. The summed E-state index contributed by atoms with van der Waals surface area (Å²) in [6, 6.07) is 14.1. The first kappa shape index (κ1) is 21.0. The van der Waals surface area contributed by atoms with Crippen molar-refractivity contribution in [3.8, 4) is 5.75 Å². The summed E-state index contributed by atoms with van der Waals surface area (Å²) in [6.07, 6.45) is 1.01. The summed E-state index contributed by atoms with van der Waals surface area (Å²) < 4.78 is 1.73. The van der Waals surface area contributed by atoms with Crippen LogP contribution in [-0.4, -0.2) is 31.5 Å². The molecule has 31 heavy (non-hydrogen) atoms. The molecular formula is C23H25N5O2S. The van der Waals surface area contributed by atoms with E-state index in [4.69, 9.17) is 0 Å². The Bertz CT molecular complexity index is 1150. The number of thioether (sulfide) groups is 1. The first-order valence-electron chi connectivity index (χ1n) is 10.2. The monoisotopic (exact) mass is 435 g/mol. The maximum Gasteiger partial charge on any atom is 0.255 e. The molecule has 0 spiro atoms. The van der Waals surface area contributed by atoms with Crippen LogP contribution in [0.5, 0.6) is 5.75 Å². The summed E-state index contributed by atoms with van der Waals surface area (Å²) in [6.45, 7) is 5.92. The van der Waals surface area contributed by atoms with Gasteiger partial charge in [0, 0.05) is 17.1 Å². The SMILES string of the molecule is CCCSc1nc2n(n1)C(c1cccc(O)c1)C(C(=O)Nc1ccccc1C)=C(C)N2. The Labute approximate surface area is 185 Å². The number of phenols is 1. The lowest BCUT2D eigenvalue weighted by molar-refractivity contribution is -0.113. The highest BCUT2D eigenvalue weighted by atomic mass is 32.2. The second kappa shape index (κ2) is 8.85. The van der Waals surface area contributed by atoms with Crippen molar-refractivity contribution < 1.29 is 9.90 Å². The van der Waals surface area contributed by atoms with Crippen LogP contribution < -0.4 is 10.6 Å². The molecule has 7 nitrogen and oxygen atoms in total. The standard InChI is InChI=1S/C23H25N5O2S/c1-4-12-31-23-26-22-24-15(3)19(21(30)25-18-11-6-5-8-14(18)2)20(28(22)27-23)16-9-7-10-17(29)13-16/h5-11,13,20,29H,4,12H2,1-3H3,(H,25,30)(H,24,26,27). The van der Waals surface area contributed by atoms with E-state index >= 15 is 0 Å². The molecule has 1 atom stereocenters. The van der Waals surface area contributed by atoms with E-state index in [2.05, 4.69) is 27.6 Å². The summed E-state index contributed by atoms with van der Waals surface area (Å²) in [5.41, 5.74) is 3.72. The number of phenolic OH excluding ortho intramolecular Hbond substituents is 1. The van der Waals surface area contributed by atoms with Crippen LogP contribution in [0.25, 0.3) is 0 Å². The maximum atomic E-state index is 13.4. The minimum atomic E-state index is -0.518. The number of carbonyl (C=O) groups is 1. The van der Waals surface area contributed by atoms with Crippen molar-refractivity contribution in [2.75, 3.05) is 16.4 Å². The largest absolute Gasteiger partial charge is 0.508 e. The first-order valence-corrected chi connectivity index (χ1v) is 11.2. The molecule has 4 rings (SSSR count). The van der Waals surface area contributed by atoms with Crippen LogP contribution in [0.1, 0.15) is 37.4 Å². The predicted octanol–water partition coefficient (Wildman–Crippen LogP) is 4.72. The fourth-order valence-electron chi connectivity index (χ4n) is 3.59. The Morgan fingerprint density at radius 1 is 1.23 bits per heavy atom. The van der Waals surface area contributed by atoms with Crippen LogP contribution in [-0.2, 0) is 4.79 Å². The summed E-state index contributed by atoms with van der Waals surface area (Å²) in [5, 5.41) is 21.7. The van der Waals surface area contributed by atoms with Crippen molar-refractivity contribution in [2.45, 2.75) is 38.4 Å². The molecule has 1 aromatic heterocycles. The van der Waals surface area contributed by atoms with Gasteiger partial charge in [-0.1, -0.05) is 49.0 Å². The molecule has 160 valence electrons. The van der Waals surface area contributed by atoms with Gasteiger partial charge < -0.3 is 15.7 Å². The quantitative estimate of drug-likeness (QED) is 0.485. The van der Waals surface area contributed by atoms with Crippen LogP contribution in [0, 0.1) is 6.92 Å². The van der Waals surface area contributed by atoms with Crippen LogP contribution in [0.2, 0.25) is 0 Å². The van der Waals surface area contributed by atoms with Crippen LogP contribution in [0.15, 0.2) is 65.0 Å². The van der Waals surface area contributed by atoms with Gasteiger partial charge in [0.15, 0.2) is 0 Å². The zero-order chi connectivity index (χ0) is 22.0. The van der Waals surface area contributed by atoms with Gasteiger partial charge in [-0.3, -0.25) is 4.79 Å². The van der Waals surface area contributed by atoms with Gasteiger partial charge in [0.25, 0.3) is 5.91 Å². The van der Waals surface area contributed by atoms with E-state index in [0.29, 0.717) is 22.4 Å². The fraction of sp³-hybridized carbons (Fsp3) is 0.261. The Morgan fingerprint density at radius 2 is 2.03 bits per heavy atom. The molecule has 1 aliphatic rings. The van der Waals surface area contributed by atoms with Gasteiger partial charge in [-0.05, 0) is 49.6 Å². The van der Waals surface area contributed by atoms with Crippen molar-refractivity contribution in [3.05, 3.63) is 70.9 Å². The van der Waals surface area contributed by atoms with Gasteiger partial charge >= 0.3 is 0 Å². The number of para-hydroxylation sites is 1. The number of fused-ring (bicyclic) bond motifs is 1. The molecule has 1 aliphatic heterocycles. The molecule has 0 fully saturated rings. The van der Waals surface area contributed by atoms with E-state index in [1.807, 2.05) is 44.2 Å². The molecule has 2 aromatic carbocycles.